The SMILES string of the molecule is CCNC(c1cccc(CC)c1)C(OCC)OCC. The van der Waals surface area contributed by atoms with E-state index >= 15 is 0 Å². The van der Waals surface area contributed by atoms with Crippen LogP contribution < -0.4 is 5.32 Å². The van der Waals surface area contributed by atoms with E-state index < -0.39 is 0 Å². The minimum absolute atomic E-state index is 0.0800. The molecule has 3 nitrogen and oxygen atoms in total. The zero-order valence-electron chi connectivity index (χ0n) is 12.6. The van der Waals surface area contributed by atoms with Crippen molar-refractivity contribution >= 4 is 0 Å². The molecule has 1 aromatic rings. The van der Waals surface area contributed by atoms with Crippen molar-refractivity contribution in [3.63, 3.8) is 0 Å². The molecule has 0 aromatic heterocycles. The number of hydrogen-bond acceptors (Lipinski definition) is 3. The molecule has 0 aliphatic carbocycles. The van der Waals surface area contributed by atoms with E-state index in [1.54, 1.807) is 0 Å². The summed E-state index contributed by atoms with van der Waals surface area (Å²) in [5, 5.41) is 3.47. The molecular formula is C16H27NO2. The van der Waals surface area contributed by atoms with Gasteiger partial charge in [0.25, 0.3) is 0 Å². The molecule has 0 bridgehead atoms. The predicted molar refractivity (Wildman–Crippen MR) is 79.3 cm³/mol. The first-order valence-corrected chi connectivity index (χ1v) is 7.32. The van der Waals surface area contributed by atoms with Gasteiger partial charge in [-0.25, -0.2) is 0 Å². The highest BCUT2D eigenvalue weighted by atomic mass is 16.7. The molecule has 0 saturated heterocycles. The maximum atomic E-state index is 5.74. The Labute approximate surface area is 117 Å². The van der Waals surface area contributed by atoms with Gasteiger partial charge < -0.3 is 14.8 Å². The normalized spacial score (nSPS) is 12.9. The lowest BCUT2D eigenvalue weighted by atomic mass is 10.0. The Bertz CT molecular complexity index is 348. The highest BCUT2D eigenvalue weighted by molar-refractivity contribution is 5.26. The Morgan fingerprint density at radius 1 is 1.05 bits per heavy atom. The van der Waals surface area contributed by atoms with Crippen molar-refractivity contribution in [2.75, 3.05) is 19.8 Å². The van der Waals surface area contributed by atoms with Crippen LogP contribution in [0, 0.1) is 0 Å². The van der Waals surface area contributed by atoms with Gasteiger partial charge >= 0.3 is 0 Å². The Morgan fingerprint density at radius 2 is 1.74 bits per heavy atom. The van der Waals surface area contributed by atoms with Gasteiger partial charge in [0, 0.05) is 13.2 Å². The van der Waals surface area contributed by atoms with Crippen molar-refractivity contribution in [1.29, 1.82) is 0 Å². The smallest absolute Gasteiger partial charge is 0.176 e. The number of benzene rings is 1. The molecule has 1 aromatic carbocycles. The zero-order chi connectivity index (χ0) is 14.1. The van der Waals surface area contributed by atoms with Crippen LogP contribution in [-0.4, -0.2) is 26.0 Å². The van der Waals surface area contributed by atoms with Gasteiger partial charge in [-0.3, -0.25) is 0 Å². The summed E-state index contributed by atoms with van der Waals surface area (Å²) in [5.74, 6) is 0. The standard InChI is InChI=1S/C16H27NO2/c1-5-13-10-9-11-14(12-13)15(17-6-2)16(18-7-3)19-8-4/h9-12,15-17H,5-8H2,1-4H3. The van der Waals surface area contributed by atoms with Crippen molar-refractivity contribution in [3.05, 3.63) is 35.4 Å². The quantitative estimate of drug-likeness (QED) is 0.695. The monoisotopic (exact) mass is 265 g/mol. The fourth-order valence-corrected chi connectivity index (χ4v) is 2.17. The van der Waals surface area contributed by atoms with E-state index in [9.17, 15) is 0 Å². The Kier molecular flexibility index (Phi) is 7.72. The molecule has 1 unspecified atom stereocenters. The van der Waals surface area contributed by atoms with Gasteiger partial charge in [0.1, 0.15) is 0 Å². The maximum absolute atomic E-state index is 5.74. The van der Waals surface area contributed by atoms with Crippen LogP contribution in [-0.2, 0) is 15.9 Å². The fourth-order valence-electron chi connectivity index (χ4n) is 2.17. The lowest BCUT2D eigenvalue weighted by Gasteiger charge is -2.28. The van der Waals surface area contributed by atoms with Crippen LogP contribution in [0.2, 0.25) is 0 Å². The number of ether oxygens (including phenoxy) is 2. The first-order chi connectivity index (χ1) is 9.26. The first-order valence-electron chi connectivity index (χ1n) is 7.32. The van der Waals surface area contributed by atoms with E-state index in [0.717, 1.165) is 13.0 Å². The second-order valence-electron chi connectivity index (χ2n) is 4.41. The average Bonchev–Trinajstić information content (AvgIpc) is 2.45. The van der Waals surface area contributed by atoms with Crippen molar-refractivity contribution in [1.82, 2.24) is 5.32 Å². The van der Waals surface area contributed by atoms with Gasteiger partial charge in [0.05, 0.1) is 6.04 Å². The van der Waals surface area contributed by atoms with Crippen LogP contribution in [0.15, 0.2) is 24.3 Å². The molecule has 108 valence electrons. The number of aryl methyl sites for hydroxylation is 1. The third-order valence-corrected chi connectivity index (χ3v) is 3.08. The van der Waals surface area contributed by atoms with Crippen LogP contribution in [0.4, 0.5) is 0 Å². The van der Waals surface area contributed by atoms with Gasteiger partial charge in [-0.15, -0.1) is 0 Å². The summed E-state index contributed by atoms with van der Waals surface area (Å²) in [6.45, 7) is 10.5. The summed E-state index contributed by atoms with van der Waals surface area (Å²) in [6.07, 6.45) is 0.808. The summed E-state index contributed by atoms with van der Waals surface area (Å²) in [4.78, 5) is 0. The number of hydrogen-bond donors (Lipinski definition) is 1. The molecule has 1 rings (SSSR count). The molecule has 0 spiro atoms. The number of likely N-dealkylation sites (N-methyl/N-ethyl adjacent to an activating group) is 1. The molecule has 1 atom stereocenters. The molecule has 0 aliphatic heterocycles. The van der Waals surface area contributed by atoms with E-state index in [1.807, 2.05) is 13.8 Å². The Hall–Kier alpha value is -0.900. The average molecular weight is 265 g/mol. The fraction of sp³-hybridized carbons (Fsp3) is 0.625. The molecule has 0 heterocycles. The van der Waals surface area contributed by atoms with Crippen LogP contribution in [0.3, 0.4) is 0 Å². The topological polar surface area (TPSA) is 30.5 Å². The van der Waals surface area contributed by atoms with Crippen molar-refractivity contribution in [3.8, 4) is 0 Å². The van der Waals surface area contributed by atoms with Gasteiger partial charge in [-0.1, -0.05) is 38.1 Å². The summed E-state index contributed by atoms with van der Waals surface area (Å²) in [5.41, 5.74) is 2.57. The predicted octanol–water partition coefficient (Wildman–Crippen LogP) is 3.30. The summed E-state index contributed by atoms with van der Waals surface area (Å²) in [7, 11) is 0. The van der Waals surface area contributed by atoms with E-state index in [0.29, 0.717) is 13.2 Å². The minimum atomic E-state index is -0.234. The molecule has 19 heavy (non-hydrogen) atoms. The van der Waals surface area contributed by atoms with Gasteiger partial charge in [-0.2, -0.15) is 0 Å². The molecule has 0 saturated carbocycles. The molecule has 1 N–H and O–H groups in total. The first kappa shape index (κ1) is 16.2. The lowest BCUT2D eigenvalue weighted by Crippen LogP contribution is -2.36. The van der Waals surface area contributed by atoms with E-state index in [1.165, 1.54) is 11.1 Å². The van der Waals surface area contributed by atoms with Crippen LogP contribution in [0.1, 0.15) is 44.9 Å². The summed E-state index contributed by atoms with van der Waals surface area (Å²) < 4.78 is 11.5. The Morgan fingerprint density at radius 3 is 2.26 bits per heavy atom. The minimum Gasteiger partial charge on any atom is -0.351 e. The molecule has 0 radical (unpaired) electrons. The highest BCUT2D eigenvalue weighted by Gasteiger charge is 2.23. The van der Waals surface area contributed by atoms with Crippen molar-refractivity contribution in [2.45, 2.75) is 46.4 Å². The van der Waals surface area contributed by atoms with Gasteiger partial charge in [-0.05, 0) is 37.9 Å². The number of rotatable bonds is 9. The molecule has 0 amide bonds. The zero-order valence-corrected chi connectivity index (χ0v) is 12.6. The maximum Gasteiger partial charge on any atom is 0.176 e. The second kappa shape index (κ2) is 9.08. The molecule has 0 aliphatic rings. The number of nitrogens with one attached hydrogen (secondary N) is 1. The van der Waals surface area contributed by atoms with Gasteiger partial charge in [0.2, 0.25) is 0 Å². The van der Waals surface area contributed by atoms with Crippen molar-refractivity contribution < 1.29 is 9.47 Å². The van der Waals surface area contributed by atoms with E-state index in [-0.39, 0.29) is 12.3 Å². The molecular weight excluding hydrogens is 238 g/mol. The largest absolute Gasteiger partial charge is 0.351 e. The summed E-state index contributed by atoms with van der Waals surface area (Å²) >= 11 is 0. The van der Waals surface area contributed by atoms with E-state index in [4.69, 9.17) is 9.47 Å². The Balaban J connectivity index is 2.94. The van der Waals surface area contributed by atoms with Gasteiger partial charge in [0.15, 0.2) is 6.29 Å². The highest BCUT2D eigenvalue weighted by Crippen LogP contribution is 2.22. The van der Waals surface area contributed by atoms with Crippen molar-refractivity contribution in [2.24, 2.45) is 0 Å². The summed E-state index contributed by atoms with van der Waals surface area (Å²) in [6, 6.07) is 8.71. The van der Waals surface area contributed by atoms with E-state index in [2.05, 4.69) is 43.4 Å². The third-order valence-electron chi connectivity index (χ3n) is 3.08. The molecule has 3 heteroatoms. The third kappa shape index (κ3) is 4.94. The van der Waals surface area contributed by atoms with Crippen LogP contribution in [0.25, 0.3) is 0 Å². The van der Waals surface area contributed by atoms with Crippen LogP contribution >= 0.6 is 0 Å². The second-order valence-corrected chi connectivity index (χ2v) is 4.41. The van der Waals surface area contributed by atoms with Crippen LogP contribution in [0.5, 0.6) is 0 Å². The lowest BCUT2D eigenvalue weighted by molar-refractivity contribution is -0.155. The molecule has 0 fully saturated rings.